The molecule has 0 spiro atoms. The van der Waals surface area contributed by atoms with E-state index < -0.39 is 12.2 Å². The van der Waals surface area contributed by atoms with E-state index in [2.05, 4.69) is 30.9 Å². The van der Waals surface area contributed by atoms with Crippen LogP contribution in [0.3, 0.4) is 0 Å². The fourth-order valence-corrected chi connectivity index (χ4v) is 3.35. The van der Waals surface area contributed by atoms with Gasteiger partial charge >= 0.3 is 6.09 Å². The van der Waals surface area contributed by atoms with Crippen LogP contribution >= 0.6 is 11.6 Å². The Hall–Kier alpha value is -3.57. The first kappa shape index (κ1) is 21.7. The van der Waals surface area contributed by atoms with Crippen molar-refractivity contribution in [2.45, 2.75) is 25.5 Å². The summed E-state index contributed by atoms with van der Waals surface area (Å²) in [7, 11) is 1.63. The third-order valence-electron chi connectivity index (χ3n) is 5.01. The number of aryl methyl sites for hydroxylation is 1. The molecule has 0 unspecified atom stereocenters. The van der Waals surface area contributed by atoms with Crippen molar-refractivity contribution in [2.75, 3.05) is 10.6 Å². The molecule has 3 aromatic rings. The highest BCUT2D eigenvalue weighted by Crippen LogP contribution is 2.30. The summed E-state index contributed by atoms with van der Waals surface area (Å²) in [6, 6.07) is 6.72. The molecule has 1 fully saturated rings. The van der Waals surface area contributed by atoms with Gasteiger partial charge in [0.1, 0.15) is 11.3 Å². The van der Waals surface area contributed by atoms with Gasteiger partial charge in [0.25, 0.3) is 0 Å². The Kier molecular flexibility index (Phi) is 6.01. The second-order valence-electron chi connectivity index (χ2n) is 7.39. The number of nitrogens with one attached hydrogen (secondary N) is 2. The quantitative estimate of drug-likeness (QED) is 0.479. The maximum atomic E-state index is 12.5. The zero-order valence-electron chi connectivity index (χ0n) is 17.3. The molecule has 12 heteroatoms. The van der Waals surface area contributed by atoms with Gasteiger partial charge in [0.15, 0.2) is 11.5 Å². The average Bonchev–Trinajstić information content (AvgIpc) is 3.40. The van der Waals surface area contributed by atoms with E-state index in [9.17, 15) is 9.59 Å². The van der Waals surface area contributed by atoms with Crippen molar-refractivity contribution >= 4 is 35.1 Å². The van der Waals surface area contributed by atoms with Crippen molar-refractivity contribution in [1.82, 2.24) is 25.0 Å². The highest BCUT2D eigenvalue weighted by Gasteiger charge is 2.40. The number of carbonyl (C=O) groups is 2. The van der Waals surface area contributed by atoms with Crippen molar-refractivity contribution in [3.05, 3.63) is 47.4 Å². The summed E-state index contributed by atoms with van der Waals surface area (Å²) in [4.78, 5) is 32.8. The second-order valence-corrected chi connectivity index (χ2v) is 7.75. The number of aromatic nitrogens is 5. The molecule has 4 rings (SSSR count). The van der Waals surface area contributed by atoms with Gasteiger partial charge in [-0.3, -0.25) is 15.1 Å². The van der Waals surface area contributed by atoms with Crippen LogP contribution in [0.25, 0.3) is 11.4 Å². The van der Waals surface area contributed by atoms with Crippen LogP contribution in [-0.4, -0.2) is 43.0 Å². The lowest BCUT2D eigenvalue weighted by molar-refractivity contribution is -0.117. The smallest absolute Gasteiger partial charge is 0.413 e. The molecule has 3 heterocycles. The lowest BCUT2D eigenvalue weighted by atomic mass is 10.2. The molecule has 1 aliphatic rings. The van der Waals surface area contributed by atoms with Gasteiger partial charge in [-0.25, -0.2) is 14.5 Å². The van der Waals surface area contributed by atoms with Crippen LogP contribution < -0.4 is 16.4 Å². The Morgan fingerprint density at radius 3 is 2.72 bits per heavy atom. The van der Waals surface area contributed by atoms with E-state index in [4.69, 9.17) is 22.1 Å². The lowest BCUT2D eigenvalue weighted by Gasteiger charge is -2.15. The molecule has 0 saturated heterocycles. The number of rotatable bonds is 6. The number of anilines is 2. The molecule has 0 aromatic carbocycles. The maximum absolute atomic E-state index is 12.5. The summed E-state index contributed by atoms with van der Waals surface area (Å²) < 4.78 is 6.81. The molecular weight excluding hydrogens is 436 g/mol. The van der Waals surface area contributed by atoms with E-state index in [0.29, 0.717) is 34.9 Å². The topological polar surface area (TPSA) is 150 Å². The van der Waals surface area contributed by atoms with E-state index in [1.807, 2.05) is 0 Å². The highest BCUT2D eigenvalue weighted by atomic mass is 35.5. The number of ether oxygens (including phenoxy) is 1. The van der Waals surface area contributed by atoms with Crippen molar-refractivity contribution in [3.8, 4) is 11.4 Å². The molecular formula is C20H21ClN8O3. The van der Waals surface area contributed by atoms with Gasteiger partial charge in [-0.2, -0.15) is 0 Å². The summed E-state index contributed by atoms with van der Waals surface area (Å²) >= 11 is 6.06. The van der Waals surface area contributed by atoms with E-state index in [1.54, 1.807) is 44.4 Å². The molecule has 11 nitrogen and oxygen atoms in total. The second kappa shape index (κ2) is 8.89. The predicted molar refractivity (Wildman–Crippen MR) is 117 cm³/mol. The van der Waals surface area contributed by atoms with Gasteiger partial charge in [-0.05, 0) is 31.5 Å². The van der Waals surface area contributed by atoms with Gasteiger partial charge in [0.2, 0.25) is 5.91 Å². The standard InChI is InChI=1S/C20H21ClN8O3/c1-10(12-4-3-7-23-17(12)21)32-20(31)26-18-16(27-28-29(18)2)15-6-5-11(9-24-15)25-19(30)13-8-14(13)22/h3-7,9-10,13-14H,8,22H2,1-2H3,(H,25,30)(H,26,31)/t10-,13-,14+/m1/s1. The van der Waals surface area contributed by atoms with Crippen LogP contribution in [0.15, 0.2) is 36.7 Å². The number of nitrogens with two attached hydrogens (primary N) is 1. The van der Waals surface area contributed by atoms with Crippen LogP contribution in [0.5, 0.6) is 0 Å². The molecule has 2 amide bonds. The van der Waals surface area contributed by atoms with Crippen LogP contribution in [-0.2, 0) is 16.6 Å². The van der Waals surface area contributed by atoms with Crippen LogP contribution in [0.2, 0.25) is 5.15 Å². The fraction of sp³-hybridized carbons (Fsp3) is 0.300. The third-order valence-corrected chi connectivity index (χ3v) is 5.32. The maximum Gasteiger partial charge on any atom is 0.413 e. The zero-order valence-corrected chi connectivity index (χ0v) is 18.1. The number of hydrogen-bond donors (Lipinski definition) is 3. The lowest BCUT2D eigenvalue weighted by Crippen LogP contribution is -2.19. The van der Waals surface area contributed by atoms with E-state index in [1.165, 1.54) is 10.9 Å². The molecule has 166 valence electrons. The minimum Gasteiger partial charge on any atom is -0.441 e. The molecule has 3 atom stereocenters. The predicted octanol–water partition coefficient (Wildman–Crippen LogP) is 2.52. The molecule has 0 aliphatic heterocycles. The Bertz CT molecular complexity index is 1150. The van der Waals surface area contributed by atoms with Crippen molar-refractivity contribution in [2.24, 2.45) is 18.7 Å². The Morgan fingerprint density at radius 2 is 2.06 bits per heavy atom. The van der Waals surface area contributed by atoms with Gasteiger partial charge < -0.3 is 15.8 Å². The van der Waals surface area contributed by atoms with Crippen molar-refractivity contribution in [1.29, 1.82) is 0 Å². The van der Waals surface area contributed by atoms with Gasteiger partial charge in [0.05, 0.1) is 23.5 Å². The summed E-state index contributed by atoms with van der Waals surface area (Å²) in [6.07, 6.45) is 2.41. The Morgan fingerprint density at radius 1 is 1.28 bits per heavy atom. The number of halogens is 1. The molecule has 3 aromatic heterocycles. The minimum atomic E-state index is -0.714. The van der Waals surface area contributed by atoms with E-state index in [0.717, 1.165) is 0 Å². The summed E-state index contributed by atoms with van der Waals surface area (Å²) in [5.41, 5.74) is 7.63. The monoisotopic (exact) mass is 456 g/mol. The zero-order chi connectivity index (χ0) is 22.8. The van der Waals surface area contributed by atoms with E-state index >= 15 is 0 Å². The number of carbonyl (C=O) groups excluding carboxylic acids is 2. The fourth-order valence-electron chi connectivity index (χ4n) is 3.08. The molecule has 0 radical (unpaired) electrons. The van der Waals surface area contributed by atoms with Gasteiger partial charge in [0, 0.05) is 24.8 Å². The number of pyridine rings is 2. The minimum absolute atomic E-state index is 0.0767. The Balaban J connectivity index is 1.44. The van der Waals surface area contributed by atoms with Crippen molar-refractivity contribution in [3.63, 3.8) is 0 Å². The normalized spacial score (nSPS) is 18.0. The molecule has 1 saturated carbocycles. The van der Waals surface area contributed by atoms with E-state index in [-0.39, 0.29) is 23.0 Å². The van der Waals surface area contributed by atoms with Crippen LogP contribution in [0, 0.1) is 5.92 Å². The first-order valence-corrected chi connectivity index (χ1v) is 10.2. The van der Waals surface area contributed by atoms with Crippen molar-refractivity contribution < 1.29 is 14.3 Å². The van der Waals surface area contributed by atoms with Gasteiger partial charge in [-0.1, -0.05) is 22.9 Å². The number of hydrogen-bond acceptors (Lipinski definition) is 8. The molecule has 32 heavy (non-hydrogen) atoms. The number of amides is 2. The Labute approximate surface area is 188 Å². The van der Waals surface area contributed by atoms with Crippen LogP contribution in [0.4, 0.5) is 16.3 Å². The molecule has 4 N–H and O–H groups in total. The first-order valence-electron chi connectivity index (χ1n) is 9.84. The highest BCUT2D eigenvalue weighted by molar-refractivity contribution is 6.30. The summed E-state index contributed by atoms with van der Waals surface area (Å²) in [6.45, 7) is 1.69. The average molecular weight is 457 g/mol. The third kappa shape index (κ3) is 4.68. The SMILES string of the molecule is C[C@@H](OC(=O)Nc1c(-c2ccc(NC(=O)[C@@H]3C[C@@H]3N)cn2)nnn1C)c1cccnc1Cl. The first-order chi connectivity index (χ1) is 15.3. The largest absolute Gasteiger partial charge is 0.441 e. The molecule has 1 aliphatic carbocycles. The van der Waals surface area contributed by atoms with Gasteiger partial charge in [-0.15, -0.1) is 5.10 Å². The number of nitrogens with zero attached hydrogens (tertiary/aromatic N) is 5. The van der Waals surface area contributed by atoms with Crippen LogP contribution in [0.1, 0.15) is 25.0 Å². The summed E-state index contributed by atoms with van der Waals surface area (Å²) in [5.74, 6) is 0.0210. The summed E-state index contributed by atoms with van der Waals surface area (Å²) in [5, 5.41) is 13.7. The molecule has 0 bridgehead atoms.